The molecule has 146 valence electrons. The Labute approximate surface area is 171 Å². The molecule has 0 aliphatic heterocycles. The van der Waals surface area contributed by atoms with Crippen LogP contribution >= 0.6 is 0 Å². The lowest BCUT2D eigenvalue weighted by Crippen LogP contribution is -2.28. The highest BCUT2D eigenvalue weighted by Gasteiger charge is 2.25. The lowest BCUT2D eigenvalue weighted by molar-refractivity contribution is 0.0927. The number of fused-ring (bicyclic) bond motifs is 3. The number of carbonyl (C=O) groups excluding carboxylic acids is 1. The monoisotopic (exact) mass is 394 g/mol. The SMILES string of the molecule is O=C(NC1CCc2ccccc21)c1nc2cc3[nH][nH]c(-c4ccncc4)c3cc2n1. The van der Waals surface area contributed by atoms with E-state index in [-0.39, 0.29) is 17.8 Å². The molecule has 1 unspecified atom stereocenters. The van der Waals surface area contributed by atoms with Crippen molar-refractivity contribution in [3.63, 3.8) is 0 Å². The zero-order valence-electron chi connectivity index (χ0n) is 16.0. The summed E-state index contributed by atoms with van der Waals surface area (Å²) >= 11 is 0. The maximum atomic E-state index is 12.8. The lowest BCUT2D eigenvalue weighted by Gasteiger charge is -2.12. The number of hydrogen-bond donors (Lipinski definition) is 3. The van der Waals surface area contributed by atoms with Gasteiger partial charge in [0, 0.05) is 23.3 Å². The van der Waals surface area contributed by atoms with Crippen LogP contribution in [-0.2, 0) is 6.42 Å². The molecule has 7 nitrogen and oxygen atoms in total. The fourth-order valence-electron chi connectivity index (χ4n) is 4.29. The smallest absolute Gasteiger partial charge is 0.289 e. The van der Waals surface area contributed by atoms with Crippen LogP contribution in [0.15, 0.2) is 60.9 Å². The van der Waals surface area contributed by atoms with Gasteiger partial charge < -0.3 is 10.4 Å². The van der Waals surface area contributed by atoms with Gasteiger partial charge in [0.2, 0.25) is 5.82 Å². The first-order valence-corrected chi connectivity index (χ1v) is 9.93. The summed E-state index contributed by atoms with van der Waals surface area (Å²) in [5, 5.41) is 10.5. The molecular formula is C23H18N6O. The van der Waals surface area contributed by atoms with Gasteiger partial charge in [0.1, 0.15) is 0 Å². The Bertz CT molecular complexity index is 1400. The molecule has 1 aliphatic rings. The van der Waals surface area contributed by atoms with Gasteiger partial charge in [-0.1, -0.05) is 24.3 Å². The standard InChI is InChI=1S/C23H18N6O/c30-23(27-17-6-5-13-3-1-2-4-15(13)17)22-25-19-11-16-18(12-20(19)26-22)28-29-21(16)14-7-9-24-10-8-14/h1-4,7-12,17,28-29H,5-6H2,(H,27,30). The van der Waals surface area contributed by atoms with Crippen LogP contribution in [0.5, 0.6) is 0 Å². The first-order valence-electron chi connectivity index (χ1n) is 9.93. The molecule has 6 rings (SSSR count). The third-order valence-corrected chi connectivity index (χ3v) is 5.77. The normalized spacial score (nSPS) is 15.5. The van der Waals surface area contributed by atoms with Crippen LogP contribution < -0.4 is 5.32 Å². The van der Waals surface area contributed by atoms with Gasteiger partial charge in [0.15, 0.2) is 0 Å². The molecule has 0 fully saturated rings. The molecule has 0 radical (unpaired) electrons. The number of aromatic amines is 2. The molecular weight excluding hydrogens is 376 g/mol. The van der Waals surface area contributed by atoms with Gasteiger partial charge in [-0.2, -0.15) is 0 Å². The molecule has 5 aromatic rings. The topological polar surface area (TPSA) is 99.3 Å². The highest BCUT2D eigenvalue weighted by atomic mass is 16.2. The molecule has 1 aliphatic carbocycles. The molecule has 3 aromatic heterocycles. The zero-order valence-corrected chi connectivity index (χ0v) is 16.0. The van der Waals surface area contributed by atoms with Crippen LogP contribution in [0.4, 0.5) is 0 Å². The Hall–Kier alpha value is -4.00. The second kappa shape index (κ2) is 6.52. The fourth-order valence-corrected chi connectivity index (χ4v) is 4.29. The van der Waals surface area contributed by atoms with Crippen LogP contribution in [0.3, 0.4) is 0 Å². The molecule has 30 heavy (non-hydrogen) atoms. The third-order valence-electron chi connectivity index (χ3n) is 5.77. The largest absolute Gasteiger partial charge is 0.342 e. The number of pyridine rings is 1. The summed E-state index contributed by atoms with van der Waals surface area (Å²) < 4.78 is 0. The van der Waals surface area contributed by atoms with E-state index in [1.54, 1.807) is 12.4 Å². The Morgan fingerprint density at radius 1 is 1.00 bits per heavy atom. The number of carbonyl (C=O) groups is 1. The Morgan fingerprint density at radius 2 is 1.80 bits per heavy atom. The van der Waals surface area contributed by atoms with Crippen molar-refractivity contribution >= 4 is 27.8 Å². The molecule has 0 bridgehead atoms. The average Bonchev–Trinajstić information content (AvgIpc) is 3.49. The van der Waals surface area contributed by atoms with Crippen LogP contribution in [0.1, 0.15) is 34.2 Å². The molecule has 3 heterocycles. The van der Waals surface area contributed by atoms with E-state index in [2.05, 4.69) is 42.6 Å². The van der Waals surface area contributed by atoms with Gasteiger partial charge in [-0.25, -0.2) is 9.97 Å². The number of aryl methyl sites for hydroxylation is 1. The first kappa shape index (κ1) is 16.9. The first-order chi connectivity index (χ1) is 14.8. The molecule has 0 saturated carbocycles. The maximum Gasteiger partial charge on any atom is 0.289 e. The highest BCUT2D eigenvalue weighted by Crippen LogP contribution is 2.31. The number of imidazole rings is 1. The quantitative estimate of drug-likeness (QED) is 0.432. The van der Waals surface area contributed by atoms with Gasteiger partial charge >= 0.3 is 0 Å². The van der Waals surface area contributed by atoms with E-state index >= 15 is 0 Å². The van der Waals surface area contributed by atoms with E-state index in [9.17, 15) is 4.79 Å². The summed E-state index contributed by atoms with van der Waals surface area (Å²) in [5.41, 5.74) is 6.75. The maximum absolute atomic E-state index is 12.8. The summed E-state index contributed by atoms with van der Waals surface area (Å²) in [6.45, 7) is 0. The van der Waals surface area contributed by atoms with Crippen molar-refractivity contribution in [1.82, 2.24) is 30.5 Å². The summed E-state index contributed by atoms with van der Waals surface area (Å²) in [6, 6.07) is 16.0. The molecule has 1 atom stereocenters. The number of amides is 1. The minimum Gasteiger partial charge on any atom is -0.342 e. The van der Waals surface area contributed by atoms with Crippen molar-refractivity contribution in [3.05, 3.63) is 77.9 Å². The van der Waals surface area contributed by atoms with E-state index in [0.29, 0.717) is 11.0 Å². The molecule has 0 spiro atoms. The van der Waals surface area contributed by atoms with Crippen molar-refractivity contribution in [2.75, 3.05) is 0 Å². The molecule has 7 heteroatoms. The Morgan fingerprint density at radius 3 is 2.67 bits per heavy atom. The number of nitrogens with zero attached hydrogens (tertiary/aromatic N) is 3. The average molecular weight is 394 g/mol. The van der Waals surface area contributed by atoms with Gasteiger partial charge in [-0.3, -0.25) is 14.9 Å². The molecule has 0 saturated heterocycles. The van der Waals surface area contributed by atoms with E-state index in [4.69, 9.17) is 0 Å². The number of benzene rings is 2. The van der Waals surface area contributed by atoms with E-state index in [1.807, 2.05) is 36.4 Å². The molecule has 1 amide bonds. The van der Waals surface area contributed by atoms with Crippen molar-refractivity contribution in [2.24, 2.45) is 0 Å². The number of rotatable bonds is 3. The second-order valence-corrected chi connectivity index (χ2v) is 7.56. The lowest BCUT2D eigenvalue weighted by atomic mass is 10.1. The van der Waals surface area contributed by atoms with E-state index in [0.717, 1.165) is 35.0 Å². The number of H-pyrrole nitrogens is 2. The predicted molar refractivity (Wildman–Crippen MR) is 114 cm³/mol. The van der Waals surface area contributed by atoms with Crippen molar-refractivity contribution in [3.8, 4) is 11.3 Å². The van der Waals surface area contributed by atoms with Crippen molar-refractivity contribution < 1.29 is 4.79 Å². The van der Waals surface area contributed by atoms with Gasteiger partial charge in [-0.05, 0) is 48.2 Å². The number of aromatic nitrogens is 5. The Kier molecular flexibility index (Phi) is 3.67. The summed E-state index contributed by atoms with van der Waals surface area (Å²) in [5.74, 6) is -0.0334. The van der Waals surface area contributed by atoms with Crippen LogP contribution in [-0.4, -0.2) is 31.1 Å². The van der Waals surface area contributed by atoms with Crippen LogP contribution in [0.25, 0.3) is 33.2 Å². The summed E-state index contributed by atoms with van der Waals surface area (Å²) in [4.78, 5) is 25.9. The molecule has 2 aromatic carbocycles. The van der Waals surface area contributed by atoms with Crippen molar-refractivity contribution in [1.29, 1.82) is 0 Å². The minimum atomic E-state index is -0.238. The van der Waals surface area contributed by atoms with Crippen molar-refractivity contribution in [2.45, 2.75) is 18.9 Å². The molecule has 3 N–H and O–H groups in total. The zero-order chi connectivity index (χ0) is 20.1. The summed E-state index contributed by atoms with van der Waals surface area (Å²) in [7, 11) is 0. The van der Waals surface area contributed by atoms with E-state index < -0.39 is 0 Å². The third kappa shape index (κ3) is 2.67. The van der Waals surface area contributed by atoms with Gasteiger partial charge in [-0.15, -0.1) is 0 Å². The number of hydrogen-bond acceptors (Lipinski definition) is 4. The second-order valence-electron chi connectivity index (χ2n) is 7.56. The van der Waals surface area contributed by atoms with Crippen LogP contribution in [0, 0.1) is 0 Å². The predicted octanol–water partition coefficient (Wildman–Crippen LogP) is 3.92. The summed E-state index contributed by atoms with van der Waals surface area (Å²) in [6.07, 6.45) is 5.39. The van der Waals surface area contributed by atoms with Crippen LogP contribution in [0.2, 0.25) is 0 Å². The fraction of sp³-hybridized carbons (Fsp3) is 0.130. The van der Waals surface area contributed by atoms with Gasteiger partial charge in [0.25, 0.3) is 5.91 Å². The van der Waals surface area contributed by atoms with Gasteiger partial charge in [0.05, 0.1) is 28.3 Å². The minimum absolute atomic E-state index is 0.0119. The van der Waals surface area contributed by atoms with E-state index in [1.165, 1.54) is 11.1 Å². The highest BCUT2D eigenvalue weighted by molar-refractivity contribution is 6.02. The Balaban J connectivity index is 1.34. The number of nitrogens with one attached hydrogen (secondary N) is 3.